The molecular weight excluding hydrogens is 296 g/mol. The summed E-state index contributed by atoms with van der Waals surface area (Å²) in [6.07, 6.45) is 1.30. The maximum Gasteiger partial charge on any atom is 0.412 e. The van der Waals surface area contributed by atoms with E-state index in [1.807, 2.05) is 39.0 Å². The van der Waals surface area contributed by atoms with Gasteiger partial charge in [-0.2, -0.15) is 0 Å². The smallest absolute Gasteiger partial charge is 0.412 e. The highest BCUT2D eigenvalue weighted by Crippen LogP contribution is 2.26. The molecule has 5 heteroatoms. The Balaban J connectivity index is 2.20. The molecule has 1 heterocycles. The lowest BCUT2D eigenvalue weighted by Gasteiger charge is -2.19. The summed E-state index contributed by atoms with van der Waals surface area (Å²) in [4.78, 5) is 14.8. The summed E-state index contributed by atoms with van der Waals surface area (Å²) in [5.74, 6) is 0. The summed E-state index contributed by atoms with van der Waals surface area (Å²) in [6, 6.07) is 5.81. The molecule has 0 unspecified atom stereocenters. The first-order chi connectivity index (χ1) is 8.35. The van der Waals surface area contributed by atoms with Crippen LogP contribution >= 0.6 is 15.9 Å². The topological polar surface area (TPSA) is 54.1 Å². The van der Waals surface area contributed by atoms with Crippen LogP contribution in [-0.2, 0) is 4.74 Å². The van der Waals surface area contributed by atoms with Crippen molar-refractivity contribution in [2.45, 2.75) is 26.4 Å². The maximum atomic E-state index is 11.7. The standard InChI is InChI=1S/C13H15BrN2O2/c1-13(2,3)18-12(17)16-11-7-15-10-6-8(14)4-5-9(10)11/h4-7,15H,1-3H3,(H,16,17). The zero-order valence-corrected chi connectivity index (χ0v) is 12.1. The lowest BCUT2D eigenvalue weighted by Crippen LogP contribution is -2.27. The quantitative estimate of drug-likeness (QED) is 0.826. The number of aromatic amines is 1. The second-order valence-corrected chi connectivity index (χ2v) is 5.93. The number of carbonyl (C=O) groups is 1. The second-order valence-electron chi connectivity index (χ2n) is 5.02. The highest BCUT2D eigenvalue weighted by atomic mass is 79.9. The van der Waals surface area contributed by atoms with E-state index >= 15 is 0 Å². The predicted octanol–water partition coefficient (Wildman–Crippen LogP) is 4.28. The molecular formula is C13H15BrN2O2. The molecule has 0 spiro atoms. The molecule has 4 nitrogen and oxygen atoms in total. The third kappa shape index (κ3) is 3.04. The first kappa shape index (κ1) is 13.0. The minimum Gasteiger partial charge on any atom is -0.444 e. The van der Waals surface area contributed by atoms with Gasteiger partial charge in [0.15, 0.2) is 0 Å². The van der Waals surface area contributed by atoms with Crippen LogP contribution in [0.4, 0.5) is 10.5 Å². The lowest BCUT2D eigenvalue weighted by molar-refractivity contribution is 0.0636. The van der Waals surface area contributed by atoms with Gasteiger partial charge < -0.3 is 9.72 Å². The summed E-state index contributed by atoms with van der Waals surface area (Å²) < 4.78 is 6.20. The number of rotatable bonds is 1. The number of benzene rings is 1. The van der Waals surface area contributed by atoms with Crippen molar-refractivity contribution < 1.29 is 9.53 Å². The van der Waals surface area contributed by atoms with Gasteiger partial charge in [0.05, 0.1) is 5.69 Å². The van der Waals surface area contributed by atoms with E-state index in [9.17, 15) is 4.79 Å². The number of nitrogens with one attached hydrogen (secondary N) is 2. The number of aromatic nitrogens is 1. The van der Waals surface area contributed by atoms with Gasteiger partial charge in [-0.1, -0.05) is 15.9 Å². The fourth-order valence-electron chi connectivity index (χ4n) is 1.62. The van der Waals surface area contributed by atoms with Crippen LogP contribution < -0.4 is 5.32 Å². The van der Waals surface area contributed by atoms with Crippen molar-refractivity contribution in [3.8, 4) is 0 Å². The van der Waals surface area contributed by atoms with Crippen LogP contribution in [0.2, 0.25) is 0 Å². The Morgan fingerprint density at radius 2 is 2.11 bits per heavy atom. The monoisotopic (exact) mass is 310 g/mol. The minimum atomic E-state index is -0.501. The third-order valence-corrected chi connectivity index (χ3v) is 2.77. The van der Waals surface area contributed by atoms with Crippen LogP contribution in [0.3, 0.4) is 0 Å². The third-order valence-electron chi connectivity index (χ3n) is 2.28. The van der Waals surface area contributed by atoms with Crippen molar-refractivity contribution in [3.63, 3.8) is 0 Å². The van der Waals surface area contributed by atoms with Crippen LogP contribution in [0, 0.1) is 0 Å². The normalized spacial score (nSPS) is 11.6. The van der Waals surface area contributed by atoms with Crippen molar-refractivity contribution in [2.24, 2.45) is 0 Å². The first-order valence-corrected chi connectivity index (χ1v) is 6.41. The largest absolute Gasteiger partial charge is 0.444 e. The number of H-pyrrole nitrogens is 1. The highest BCUT2D eigenvalue weighted by molar-refractivity contribution is 9.10. The lowest BCUT2D eigenvalue weighted by atomic mass is 10.2. The van der Waals surface area contributed by atoms with Crippen molar-refractivity contribution in [1.82, 2.24) is 4.98 Å². The van der Waals surface area contributed by atoms with Gasteiger partial charge >= 0.3 is 6.09 Å². The molecule has 1 amide bonds. The second kappa shape index (κ2) is 4.65. The average Bonchev–Trinajstić information content (AvgIpc) is 2.57. The number of fused-ring (bicyclic) bond motifs is 1. The molecule has 0 radical (unpaired) electrons. The van der Waals surface area contributed by atoms with Crippen molar-refractivity contribution >= 4 is 38.6 Å². The Bertz CT molecular complexity index is 584. The van der Waals surface area contributed by atoms with Crippen molar-refractivity contribution in [3.05, 3.63) is 28.9 Å². The fourth-order valence-corrected chi connectivity index (χ4v) is 1.98. The van der Waals surface area contributed by atoms with E-state index in [1.54, 1.807) is 6.20 Å². The van der Waals surface area contributed by atoms with E-state index in [0.29, 0.717) is 5.69 Å². The van der Waals surface area contributed by atoms with Crippen molar-refractivity contribution in [1.29, 1.82) is 0 Å². The Labute approximate surface area is 114 Å². The summed E-state index contributed by atoms with van der Waals surface area (Å²) in [5.41, 5.74) is 1.17. The number of hydrogen-bond acceptors (Lipinski definition) is 2. The Hall–Kier alpha value is -1.49. The van der Waals surface area contributed by atoms with Gasteiger partial charge in [0, 0.05) is 21.6 Å². The molecule has 0 bridgehead atoms. The molecule has 18 heavy (non-hydrogen) atoms. The van der Waals surface area contributed by atoms with E-state index in [-0.39, 0.29) is 0 Å². The zero-order chi connectivity index (χ0) is 13.3. The van der Waals surface area contributed by atoms with Crippen LogP contribution in [0.1, 0.15) is 20.8 Å². The molecule has 0 saturated carbocycles. The summed E-state index contributed by atoms with van der Waals surface area (Å²) in [5, 5.41) is 3.68. The Kier molecular flexibility index (Phi) is 3.34. The molecule has 0 aliphatic carbocycles. The molecule has 0 aliphatic rings. The minimum absolute atomic E-state index is 0.452. The Morgan fingerprint density at radius 3 is 2.78 bits per heavy atom. The van der Waals surface area contributed by atoms with Gasteiger partial charge in [0.25, 0.3) is 0 Å². The van der Waals surface area contributed by atoms with Crippen LogP contribution in [-0.4, -0.2) is 16.7 Å². The van der Waals surface area contributed by atoms with E-state index in [4.69, 9.17) is 4.74 Å². The zero-order valence-electron chi connectivity index (χ0n) is 10.5. The van der Waals surface area contributed by atoms with Crippen LogP contribution in [0.15, 0.2) is 28.9 Å². The molecule has 2 aromatic rings. The van der Waals surface area contributed by atoms with Gasteiger partial charge in [0.1, 0.15) is 5.60 Å². The molecule has 1 aromatic heterocycles. The molecule has 2 N–H and O–H groups in total. The summed E-state index contributed by atoms with van der Waals surface area (Å²) >= 11 is 3.40. The highest BCUT2D eigenvalue weighted by Gasteiger charge is 2.17. The molecule has 2 rings (SSSR count). The summed E-state index contributed by atoms with van der Waals surface area (Å²) in [6.45, 7) is 5.50. The number of anilines is 1. The molecule has 0 saturated heterocycles. The summed E-state index contributed by atoms with van der Waals surface area (Å²) in [7, 11) is 0. The molecule has 0 atom stereocenters. The SMILES string of the molecule is CC(C)(C)OC(=O)Nc1c[nH]c2cc(Br)ccc12. The van der Waals surface area contributed by atoms with Gasteiger partial charge in [-0.25, -0.2) is 4.79 Å². The number of ether oxygens (including phenoxy) is 1. The van der Waals surface area contributed by atoms with Crippen LogP contribution in [0.5, 0.6) is 0 Å². The Morgan fingerprint density at radius 1 is 1.39 bits per heavy atom. The average molecular weight is 311 g/mol. The number of hydrogen-bond donors (Lipinski definition) is 2. The number of halogens is 1. The molecule has 0 aliphatic heterocycles. The first-order valence-electron chi connectivity index (χ1n) is 5.62. The molecule has 1 aromatic carbocycles. The van der Waals surface area contributed by atoms with Gasteiger partial charge in [-0.15, -0.1) is 0 Å². The predicted molar refractivity (Wildman–Crippen MR) is 75.9 cm³/mol. The van der Waals surface area contributed by atoms with E-state index < -0.39 is 11.7 Å². The molecule has 0 fully saturated rings. The van der Waals surface area contributed by atoms with E-state index in [2.05, 4.69) is 26.2 Å². The van der Waals surface area contributed by atoms with E-state index in [0.717, 1.165) is 15.4 Å². The maximum absolute atomic E-state index is 11.7. The number of amides is 1. The molecule has 96 valence electrons. The van der Waals surface area contributed by atoms with Gasteiger partial charge in [-0.05, 0) is 39.0 Å². The number of carbonyl (C=O) groups excluding carboxylic acids is 1. The van der Waals surface area contributed by atoms with Crippen LogP contribution in [0.25, 0.3) is 10.9 Å². The van der Waals surface area contributed by atoms with Gasteiger partial charge in [0.2, 0.25) is 0 Å². The van der Waals surface area contributed by atoms with E-state index in [1.165, 1.54) is 0 Å². The fraction of sp³-hybridized carbons (Fsp3) is 0.308. The van der Waals surface area contributed by atoms with Gasteiger partial charge in [-0.3, -0.25) is 5.32 Å². The van der Waals surface area contributed by atoms with Crippen molar-refractivity contribution in [2.75, 3.05) is 5.32 Å².